The largest absolute Gasteiger partial charge is 0.494 e. The predicted molar refractivity (Wildman–Crippen MR) is 77.8 cm³/mol. The van der Waals surface area contributed by atoms with E-state index in [2.05, 4.69) is 6.58 Å². The number of hydrogen-bond donors (Lipinski definition) is 0. The molecule has 0 unspecified atom stereocenters. The fourth-order valence-electron chi connectivity index (χ4n) is 2.74. The monoisotopic (exact) mass is 244 g/mol. The van der Waals surface area contributed by atoms with Crippen LogP contribution in [0.2, 0.25) is 0 Å². The lowest BCUT2D eigenvalue weighted by Gasteiger charge is -2.21. The van der Waals surface area contributed by atoms with Gasteiger partial charge in [0.15, 0.2) is 0 Å². The van der Waals surface area contributed by atoms with Crippen LogP contribution in [0.15, 0.2) is 30.8 Å². The van der Waals surface area contributed by atoms with Gasteiger partial charge in [-0.15, -0.1) is 0 Å². The standard InChI is InChI=1S/C17H24O/c1-2-15-10-12-17(13-11-15)18-14-6-9-16-7-4-3-5-8-16/h2,10-13,16H,1,3-9,14H2. The van der Waals surface area contributed by atoms with E-state index >= 15 is 0 Å². The van der Waals surface area contributed by atoms with Gasteiger partial charge in [0.05, 0.1) is 6.61 Å². The van der Waals surface area contributed by atoms with Crippen LogP contribution in [0.5, 0.6) is 5.75 Å². The average molecular weight is 244 g/mol. The summed E-state index contributed by atoms with van der Waals surface area (Å²) in [6, 6.07) is 8.14. The first-order valence-electron chi connectivity index (χ1n) is 7.24. The van der Waals surface area contributed by atoms with Gasteiger partial charge in [-0.3, -0.25) is 0 Å². The van der Waals surface area contributed by atoms with Crippen LogP contribution in [0, 0.1) is 5.92 Å². The molecule has 1 heteroatoms. The van der Waals surface area contributed by atoms with Gasteiger partial charge in [0, 0.05) is 0 Å². The lowest BCUT2D eigenvalue weighted by molar-refractivity contribution is 0.269. The van der Waals surface area contributed by atoms with Crippen molar-refractivity contribution in [3.05, 3.63) is 36.4 Å². The molecule has 98 valence electrons. The summed E-state index contributed by atoms with van der Waals surface area (Å²) in [7, 11) is 0. The van der Waals surface area contributed by atoms with Gasteiger partial charge >= 0.3 is 0 Å². The molecule has 1 saturated carbocycles. The summed E-state index contributed by atoms with van der Waals surface area (Å²) in [4.78, 5) is 0. The summed E-state index contributed by atoms with van der Waals surface area (Å²) in [5, 5.41) is 0. The molecule has 0 heterocycles. The summed E-state index contributed by atoms with van der Waals surface area (Å²) in [6.45, 7) is 4.60. The van der Waals surface area contributed by atoms with Crippen LogP contribution in [0.25, 0.3) is 6.08 Å². The van der Waals surface area contributed by atoms with E-state index in [9.17, 15) is 0 Å². The van der Waals surface area contributed by atoms with Gasteiger partial charge in [-0.1, -0.05) is 56.9 Å². The van der Waals surface area contributed by atoms with Crippen LogP contribution in [-0.4, -0.2) is 6.61 Å². The fraction of sp³-hybridized carbons (Fsp3) is 0.529. The zero-order valence-corrected chi connectivity index (χ0v) is 11.2. The quantitative estimate of drug-likeness (QED) is 0.635. The summed E-state index contributed by atoms with van der Waals surface area (Å²) in [5.74, 6) is 1.94. The van der Waals surface area contributed by atoms with Crippen molar-refractivity contribution < 1.29 is 4.74 Å². The van der Waals surface area contributed by atoms with Crippen LogP contribution in [0.1, 0.15) is 50.5 Å². The van der Waals surface area contributed by atoms with Crippen molar-refractivity contribution in [2.45, 2.75) is 44.9 Å². The van der Waals surface area contributed by atoms with Crippen LogP contribution in [-0.2, 0) is 0 Å². The number of benzene rings is 1. The maximum atomic E-state index is 5.76. The Bertz CT molecular complexity index is 346. The lowest BCUT2D eigenvalue weighted by atomic mass is 9.86. The third-order valence-electron chi connectivity index (χ3n) is 3.87. The number of hydrogen-bond acceptors (Lipinski definition) is 1. The van der Waals surface area contributed by atoms with Crippen molar-refractivity contribution in [2.75, 3.05) is 6.61 Å². The topological polar surface area (TPSA) is 9.23 Å². The first-order valence-corrected chi connectivity index (χ1v) is 7.24. The molecule has 18 heavy (non-hydrogen) atoms. The first-order chi connectivity index (χ1) is 8.88. The normalized spacial score (nSPS) is 16.4. The molecule has 1 aromatic carbocycles. The van der Waals surface area contributed by atoms with Crippen molar-refractivity contribution in [1.82, 2.24) is 0 Å². The second-order valence-corrected chi connectivity index (χ2v) is 5.27. The zero-order valence-electron chi connectivity index (χ0n) is 11.2. The minimum atomic E-state index is 0.851. The Morgan fingerprint density at radius 3 is 2.50 bits per heavy atom. The Morgan fingerprint density at radius 2 is 1.83 bits per heavy atom. The molecule has 1 nitrogen and oxygen atoms in total. The summed E-state index contributed by atoms with van der Waals surface area (Å²) in [6.07, 6.45) is 11.6. The van der Waals surface area contributed by atoms with Gasteiger partial charge in [-0.2, -0.15) is 0 Å². The molecule has 0 spiro atoms. The van der Waals surface area contributed by atoms with Crippen molar-refractivity contribution in [3.8, 4) is 5.75 Å². The van der Waals surface area contributed by atoms with Gasteiger partial charge in [-0.05, 0) is 36.5 Å². The minimum Gasteiger partial charge on any atom is -0.494 e. The van der Waals surface area contributed by atoms with Crippen LogP contribution >= 0.6 is 0 Å². The van der Waals surface area contributed by atoms with Gasteiger partial charge in [0.25, 0.3) is 0 Å². The van der Waals surface area contributed by atoms with E-state index in [-0.39, 0.29) is 0 Å². The molecule has 1 aliphatic carbocycles. The molecular formula is C17H24O. The van der Waals surface area contributed by atoms with Crippen LogP contribution < -0.4 is 4.74 Å². The molecule has 0 amide bonds. The van der Waals surface area contributed by atoms with Gasteiger partial charge < -0.3 is 4.74 Å². The number of rotatable bonds is 6. The lowest BCUT2D eigenvalue weighted by Crippen LogP contribution is -2.08. The average Bonchev–Trinajstić information content (AvgIpc) is 2.45. The molecular weight excluding hydrogens is 220 g/mol. The molecule has 2 rings (SSSR count). The molecule has 1 aliphatic rings. The SMILES string of the molecule is C=Cc1ccc(OCCCC2CCCCC2)cc1. The molecule has 0 saturated heterocycles. The molecule has 0 atom stereocenters. The Hall–Kier alpha value is -1.24. The second-order valence-electron chi connectivity index (χ2n) is 5.27. The summed E-state index contributed by atoms with van der Waals surface area (Å²) < 4.78 is 5.76. The second kappa shape index (κ2) is 7.25. The third-order valence-corrected chi connectivity index (χ3v) is 3.87. The Balaban J connectivity index is 1.63. The molecule has 0 aromatic heterocycles. The van der Waals surface area contributed by atoms with E-state index < -0.39 is 0 Å². The van der Waals surface area contributed by atoms with E-state index in [1.807, 2.05) is 30.3 Å². The molecule has 1 fully saturated rings. The maximum Gasteiger partial charge on any atom is 0.119 e. The summed E-state index contributed by atoms with van der Waals surface area (Å²) in [5.41, 5.74) is 1.14. The fourth-order valence-corrected chi connectivity index (χ4v) is 2.74. The third kappa shape index (κ3) is 4.21. The smallest absolute Gasteiger partial charge is 0.119 e. The van der Waals surface area contributed by atoms with E-state index in [0.717, 1.165) is 23.8 Å². The first kappa shape index (κ1) is 13.2. The van der Waals surface area contributed by atoms with Gasteiger partial charge in [0.1, 0.15) is 5.75 Å². The highest BCUT2D eigenvalue weighted by Crippen LogP contribution is 2.27. The highest BCUT2D eigenvalue weighted by Gasteiger charge is 2.12. The van der Waals surface area contributed by atoms with Gasteiger partial charge in [-0.25, -0.2) is 0 Å². The Kier molecular flexibility index (Phi) is 5.32. The number of ether oxygens (including phenoxy) is 1. The van der Waals surface area contributed by atoms with Crippen LogP contribution in [0.3, 0.4) is 0 Å². The Labute approximate surface area is 111 Å². The highest BCUT2D eigenvalue weighted by molar-refractivity contribution is 5.48. The Morgan fingerprint density at radius 1 is 1.11 bits per heavy atom. The molecule has 0 bridgehead atoms. The zero-order chi connectivity index (χ0) is 12.6. The molecule has 0 radical (unpaired) electrons. The van der Waals surface area contributed by atoms with Crippen molar-refractivity contribution >= 4 is 6.08 Å². The molecule has 1 aromatic rings. The van der Waals surface area contributed by atoms with E-state index in [1.165, 1.54) is 44.9 Å². The van der Waals surface area contributed by atoms with Gasteiger partial charge in [0.2, 0.25) is 0 Å². The van der Waals surface area contributed by atoms with E-state index in [0.29, 0.717) is 0 Å². The van der Waals surface area contributed by atoms with E-state index in [1.54, 1.807) is 0 Å². The molecule has 0 aliphatic heterocycles. The van der Waals surface area contributed by atoms with Crippen molar-refractivity contribution in [1.29, 1.82) is 0 Å². The minimum absolute atomic E-state index is 0.851. The predicted octanol–water partition coefficient (Wildman–Crippen LogP) is 5.07. The van der Waals surface area contributed by atoms with Crippen LogP contribution in [0.4, 0.5) is 0 Å². The molecule has 0 N–H and O–H groups in total. The maximum absolute atomic E-state index is 5.76. The van der Waals surface area contributed by atoms with Crippen molar-refractivity contribution in [3.63, 3.8) is 0 Å². The summed E-state index contributed by atoms with van der Waals surface area (Å²) >= 11 is 0. The van der Waals surface area contributed by atoms with Crippen molar-refractivity contribution in [2.24, 2.45) is 5.92 Å². The van der Waals surface area contributed by atoms with E-state index in [4.69, 9.17) is 4.74 Å². The highest BCUT2D eigenvalue weighted by atomic mass is 16.5.